The number of anilines is 1. The van der Waals surface area contributed by atoms with Crippen LogP contribution in [0.3, 0.4) is 0 Å². The minimum Gasteiger partial charge on any atom is -0.493 e. The number of methoxy groups -OCH3 is 1. The molecular formula is C25H20Br2N4O4. The summed E-state index contributed by atoms with van der Waals surface area (Å²) in [5.41, 5.74) is 5.03. The molecule has 0 aliphatic carbocycles. The van der Waals surface area contributed by atoms with Crippen molar-refractivity contribution in [2.75, 3.05) is 12.4 Å². The topological polar surface area (TPSA) is 113 Å². The molecule has 3 rings (SSSR count). The van der Waals surface area contributed by atoms with Crippen molar-refractivity contribution in [1.82, 2.24) is 5.43 Å². The van der Waals surface area contributed by atoms with Crippen molar-refractivity contribution >= 4 is 55.6 Å². The maximum absolute atomic E-state index is 12.1. The Labute approximate surface area is 219 Å². The van der Waals surface area contributed by atoms with E-state index in [4.69, 9.17) is 14.7 Å². The van der Waals surface area contributed by atoms with Gasteiger partial charge in [0.25, 0.3) is 0 Å². The molecular weight excluding hydrogens is 580 g/mol. The number of rotatable bonds is 9. The molecule has 8 nitrogen and oxygen atoms in total. The highest BCUT2D eigenvalue weighted by Crippen LogP contribution is 2.36. The minimum atomic E-state index is -0.556. The van der Waals surface area contributed by atoms with Crippen molar-refractivity contribution in [1.29, 1.82) is 5.26 Å². The van der Waals surface area contributed by atoms with Crippen LogP contribution in [0.2, 0.25) is 0 Å². The summed E-state index contributed by atoms with van der Waals surface area (Å²) in [6.45, 7) is 0.284. The Morgan fingerprint density at radius 3 is 2.49 bits per heavy atom. The third-order valence-corrected chi connectivity index (χ3v) is 5.87. The standard InChI is InChI=1S/C25H20Br2N4O4/c1-34-22-11-18(10-20(27)25(22)35-15-17-8-6-16(13-28)7-9-17)14-29-31-24(33)12-23(32)30-21-5-3-2-4-19(21)26/h2-11,14H,12,15H2,1H3,(H,30,32)(H,31,33). The minimum absolute atomic E-state index is 0.284. The largest absolute Gasteiger partial charge is 0.493 e. The quantitative estimate of drug-likeness (QED) is 0.201. The fraction of sp³-hybridized carbons (Fsp3) is 0.120. The van der Waals surface area contributed by atoms with Crippen molar-refractivity contribution in [2.24, 2.45) is 5.10 Å². The molecule has 0 aliphatic heterocycles. The molecule has 2 amide bonds. The summed E-state index contributed by atoms with van der Waals surface area (Å²) in [7, 11) is 1.52. The molecule has 0 heterocycles. The number of benzene rings is 3. The van der Waals surface area contributed by atoms with Crippen LogP contribution in [-0.2, 0) is 16.2 Å². The SMILES string of the molecule is COc1cc(C=NNC(=O)CC(=O)Nc2ccccc2Br)cc(Br)c1OCc1ccc(C#N)cc1. The van der Waals surface area contributed by atoms with Crippen molar-refractivity contribution in [3.63, 3.8) is 0 Å². The Balaban J connectivity index is 1.57. The summed E-state index contributed by atoms with van der Waals surface area (Å²) in [5.74, 6) is -0.0487. The van der Waals surface area contributed by atoms with E-state index in [2.05, 4.69) is 53.8 Å². The van der Waals surface area contributed by atoms with Crippen molar-refractivity contribution in [3.05, 3.63) is 86.3 Å². The molecule has 0 atom stereocenters. The van der Waals surface area contributed by atoms with Gasteiger partial charge in [-0.15, -0.1) is 0 Å². The highest BCUT2D eigenvalue weighted by molar-refractivity contribution is 9.11. The molecule has 10 heteroatoms. The first-order valence-corrected chi connectivity index (χ1v) is 11.8. The molecule has 0 radical (unpaired) electrons. The van der Waals surface area contributed by atoms with E-state index in [1.165, 1.54) is 13.3 Å². The normalized spacial score (nSPS) is 10.5. The number of hydrogen-bond acceptors (Lipinski definition) is 6. The Hall–Kier alpha value is -3.68. The third kappa shape index (κ3) is 7.67. The number of para-hydroxylation sites is 1. The number of nitrogens with zero attached hydrogens (tertiary/aromatic N) is 2. The zero-order chi connectivity index (χ0) is 25.2. The molecule has 35 heavy (non-hydrogen) atoms. The van der Waals surface area contributed by atoms with Crippen LogP contribution in [0.25, 0.3) is 0 Å². The van der Waals surface area contributed by atoms with Gasteiger partial charge in [0.2, 0.25) is 11.8 Å². The fourth-order valence-corrected chi connectivity index (χ4v) is 3.86. The number of nitriles is 1. The highest BCUT2D eigenvalue weighted by Gasteiger charge is 2.13. The van der Waals surface area contributed by atoms with Crippen molar-refractivity contribution < 1.29 is 19.1 Å². The first-order chi connectivity index (χ1) is 16.9. The average Bonchev–Trinajstić information content (AvgIpc) is 2.84. The molecule has 0 spiro atoms. The second-order valence-corrected chi connectivity index (χ2v) is 8.84. The molecule has 0 bridgehead atoms. The number of nitrogens with one attached hydrogen (secondary N) is 2. The van der Waals surface area contributed by atoms with Crippen LogP contribution in [0, 0.1) is 11.3 Å². The first kappa shape index (κ1) is 25.9. The predicted molar refractivity (Wildman–Crippen MR) is 139 cm³/mol. The summed E-state index contributed by atoms with van der Waals surface area (Å²) in [6.07, 6.45) is 1.05. The first-order valence-electron chi connectivity index (χ1n) is 10.2. The number of carbonyl (C=O) groups excluding carboxylic acids is 2. The molecule has 0 fully saturated rings. The Kier molecular flexibility index (Phi) is 9.40. The number of halogens is 2. The Bertz CT molecular complexity index is 1290. The molecule has 2 N–H and O–H groups in total. The Morgan fingerprint density at radius 2 is 1.80 bits per heavy atom. The molecule has 0 unspecified atom stereocenters. The second kappa shape index (κ2) is 12.7. The van der Waals surface area contributed by atoms with Gasteiger partial charge in [0.15, 0.2) is 11.5 Å². The lowest BCUT2D eigenvalue weighted by molar-refractivity contribution is -0.126. The van der Waals surface area contributed by atoms with E-state index in [0.29, 0.717) is 32.8 Å². The number of hydrazone groups is 1. The fourth-order valence-electron chi connectivity index (χ4n) is 2.91. The van der Waals surface area contributed by atoms with Gasteiger partial charge in [0, 0.05) is 4.47 Å². The summed E-state index contributed by atoms with van der Waals surface area (Å²) in [5, 5.41) is 15.5. The molecule has 0 aromatic heterocycles. The van der Waals surface area contributed by atoms with Crippen LogP contribution in [0.1, 0.15) is 23.1 Å². The van der Waals surface area contributed by atoms with Crippen molar-refractivity contribution in [3.8, 4) is 17.6 Å². The number of carbonyl (C=O) groups is 2. The van der Waals surface area contributed by atoms with Gasteiger partial charge in [0.05, 0.1) is 35.1 Å². The van der Waals surface area contributed by atoms with Gasteiger partial charge < -0.3 is 14.8 Å². The summed E-state index contributed by atoms with van der Waals surface area (Å²) in [4.78, 5) is 24.1. The van der Waals surface area contributed by atoms with Gasteiger partial charge in [-0.3, -0.25) is 9.59 Å². The molecule has 3 aromatic carbocycles. The number of ether oxygens (including phenoxy) is 2. The lowest BCUT2D eigenvalue weighted by Crippen LogP contribution is -2.24. The van der Waals surface area contributed by atoms with Crippen LogP contribution >= 0.6 is 31.9 Å². The van der Waals surface area contributed by atoms with E-state index in [1.807, 2.05) is 18.2 Å². The summed E-state index contributed by atoms with van der Waals surface area (Å²) in [6, 6.07) is 19.7. The van der Waals surface area contributed by atoms with Gasteiger partial charge in [0.1, 0.15) is 13.0 Å². The van der Waals surface area contributed by atoms with Gasteiger partial charge in [-0.25, -0.2) is 5.43 Å². The molecule has 178 valence electrons. The van der Waals surface area contributed by atoms with Gasteiger partial charge in [-0.2, -0.15) is 10.4 Å². The molecule has 3 aromatic rings. The molecule has 0 saturated carbocycles. The Morgan fingerprint density at radius 1 is 1.06 bits per heavy atom. The van der Waals surface area contributed by atoms with E-state index in [-0.39, 0.29) is 13.0 Å². The van der Waals surface area contributed by atoms with E-state index in [0.717, 1.165) is 10.0 Å². The second-order valence-electron chi connectivity index (χ2n) is 7.13. The smallest absolute Gasteiger partial charge is 0.249 e. The van der Waals surface area contributed by atoms with Crippen LogP contribution in [-0.4, -0.2) is 25.1 Å². The van der Waals surface area contributed by atoms with E-state index >= 15 is 0 Å². The van der Waals surface area contributed by atoms with Crippen LogP contribution in [0.4, 0.5) is 5.69 Å². The van der Waals surface area contributed by atoms with Gasteiger partial charge >= 0.3 is 0 Å². The summed E-state index contributed by atoms with van der Waals surface area (Å²) >= 11 is 6.81. The third-order valence-electron chi connectivity index (χ3n) is 4.59. The van der Waals surface area contributed by atoms with Crippen LogP contribution < -0.4 is 20.2 Å². The van der Waals surface area contributed by atoms with Gasteiger partial charge in [-0.1, -0.05) is 24.3 Å². The monoisotopic (exact) mass is 598 g/mol. The van der Waals surface area contributed by atoms with Crippen LogP contribution in [0.15, 0.2) is 74.7 Å². The summed E-state index contributed by atoms with van der Waals surface area (Å²) < 4.78 is 12.7. The number of hydrogen-bond donors (Lipinski definition) is 2. The maximum atomic E-state index is 12.1. The molecule has 0 aliphatic rings. The van der Waals surface area contributed by atoms with E-state index in [1.54, 1.807) is 42.5 Å². The predicted octanol–water partition coefficient (Wildman–Crippen LogP) is 5.15. The van der Waals surface area contributed by atoms with Crippen LogP contribution in [0.5, 0.6) is 11.5 Å². The zero-order valence-electron chi connectivity index (χ0n) is 18.5. The lowest BCUT2D eigenvalue weighted by Gasteiger charge is -2.13. The van der Waals surface area contributed by atoms with E-state index < -0.39 is 11.8 Å². The lowest BCUT2D eigenvalue weighted by atomic mass is 10.1. The zero-order valence-corrected chi connectivity index (χ0v) is 21.7. The van der Waals surface area contributed by atoms with E-state index in [9.17, 15) is 9.59 Å². The van der Waals surface area contributed by atoms with Crippen molar-refractivity contribution in [2.45, 2.75) is 13.0 Å². The molecule has 0 saturated heterocycles. The maximum Gasteiger partial charge on any atom is 0.249 e. The highest BCUT2D eigenvalue weighted by atomic mass is 79.9. The number of amides is 2. The van der Waals surface area contributed by atoms with Gasteiger partial charge in [-0.05, 0) is 79.4 Å². The average molecular weight is 600 g/mol.